The van der Waals surface area contributed by atoms with Crippen molar-refractivity contribution in [3.05, 3.63) is 12.7 Å². The SMILES string of the molecule is C=CCCCO[C@@H]1OC(CO)[C@@H](O)[C@H](O)C1O. The Morgan fingerprint density at radius 2 is 1.88 bits per heavy atom. The Morgan fingerprint density at radius 1 is 1.18 bits per heavy atom. The number of hydrogen-bond acceptors (Lipinski definition) is 6. The molecule has 0 aliphatic carbocycles. The molecule has 1 rings (SSSR count). The number of unbranched alkanes of at least 4 members (excludes halogenated alkanes) is 1. The van der Waals surface area contributed by atoms with E-state index in [4.69, 9.17) is 14.6 Å². The van der Waals surface area contributed by atoms with Gasteiger partial charge in [-0.15, -0.1) is 6.58 Å². The smallest absolute Gasteiger partial charge is 0.186 e. The van der Waals surface area contributed by atoms with Gasteiger partial charge in [0.25, 0.3) is 0 Å². The van der Waals surface area contributed by atoms with E-state index in [2.05, 4.69) is 6.58 Å². The Labute approximate surface area is 100 Å². The maximum atomic E-state index is 9.62. The molecule has 0 amide bonds. The van der Waals surface area contributed by atoms with Crippen LogP contribution in [-0.4, -0.2) is 64.3 Å². The van der Waals surface area contributed by atoms with Crippen molar-refractivity contribution in [2.45, 2.75) is 43.5 Å². The van der Waals surface area contributed by atoms with Crippen LogP contribution in [0.1, 0.15) is 12.8 Å². The molecule has 1 aliphatic rings. The average Bonchev–Trinajstić information content (AvgIpc) is 2.34. The van der Waals surface area contributed by atoms with Crippen LogP contribution in [0.5, 0.6) is 0 Å². The molecule has 5 atom stereocenters. The summed E-state index contributed by atoms with van der Waals surface area (Å²) in [5.74, 6) is 0. The van der Waals surface area contributed by atoms with Gasteiger partial charge < -0.3 is 29.9 Å². The van der Waals surface area contributed by atoms with Crippen LogP contribution in [0.4, 0.5) is 0 Å². The molecular formula is C11H20O6. The van der Waals surface area contributed by atoms with Crippen molar-refractivity contribution in [2.75, 3.05) is 13.2 Å². The monoisotopic (exact) mass is 248 g/mol. The number of rotatable bonds is 6. The van der Waals surface area contributed by atoms with E-state index in [9.17, 15) is 15.3 Å². The summed E-state index contributed by atoms with van der Waals surface area (Å²) >= 11 is 0. The van der Waals surface area contributed by atoms with Crippen LogP contribution >= 0.6 is 0 Å². The van der Waals surface area contributed by atoms with E-state index in [0.717, 1.165) is 12.8 Å². The van der Waals surface area contributed by atoms with Gasteiger partial charge in [-0.05, 0) is 12.8 Å². The summed E-state index contributed by atoms with van der Waals surface area (Å²) in [6.45, 7) is 3.46. The Bertz CT molecular complexity index is 232. The lowest BCUT2D eigenvalue weighted by Gasteiger charge is -2.39. The third-order valence-corrected chi connectivity index (χ3v) is 2.68. The number of allylic oxidation sites excluding steroid dienone is 1. The predicted octanol–water partition coefficient (Wildman–Crippen LogP) is -1.23. The van der Waals surface area contributed by atoms with Crippen LogP contribution in [0.15, 0.2) is 12.7 Å². The fourth-order valence-corrected chi connectivity index (χ4v) is 1.63. The van der Waals surface area contributed by atoms with Crippen LogP contribution in [0.25, 0.3) is 0 Å². The first-order chi connectivity index (χ1) is 8.11. The lowest BCUT2D eigenvalue weighted by molar-refractivity contribution is -0.301. The van der Waals surface area contributed by atoms with Gasteiger partial charge in [-0.25, -0.2) is 0 Å². The fourth-order valence-electron chi connectivity index (χ4n) is 1.63. The van der Waals surface area contributed by atoms with E-state index >= 15 is 0 Å². The molecule has 0 bridgehead atoms. The molecule has 0 saturated carbocycles. The highest BCUT2D eigenvalue weighted by molar-refractivity contribution is 4.88. The molecule has 0 spiro atoms. The maximum Gasteiger partial charge on any atom is 0.186 e. The Hall–Kier alpha value is -0.500. The Morgan fingerprint density at radius 3 is 2.47 bits per heavy atom. The summed E-state index contributed by atoms with van der Waals surface area (Å²) in [4.78, 5) is 0. The minimum Gasteiger partial charge on any atom is -0.394 e. The summed E-state index contributed by atoms with van der Waals surface area (Å²) in [7, 11) is 0. The standard InChI is InChI=1S/C11H20O6/c1-2-3-4-5-16-11-10(15)9(14)8(13)7(6-12)17-11/h2,7-15H,1,3-6H2/t7?,8-,9+,10?,11-/m1/s1. The maximum absolute atomic E-state index is 9.62. The Kier molecular flexibility index (Phi) is 6.04. The van der Waals surface area contributed by atoms with Gasteiger partial charge in [0.15, 0.2) is 6.29 Å². The summed E-state index contributed by atoms with van der Waals surface area (Å²) in [5, 5.41) is 37.6. The topological polar surface area (TPSA) is 99.4 Å². The van der Waals surface area contributed by atoms with Crippen molar-refractivity contribution < 1.29 is 29.9 Å². The molecule has 6 nitrogen and oxygen atoms in total. The first-order valence-corrected chi connectivity index (χ1v) is 5.64. The van der Waals surface area contributed by atoms with Gasteiger partial charge in [0.2, 0.25) is 0 Å². The van der Waals surface area contributed by atoms with E-state index in [1.165, 1.54) is 0 Å². The van der Waals surface area contributed by atoms with Gasteiger partial charge in [0, 0.05) is 0 Å². The fraction of sp³-hybridized carbons (Fsp3) is 0.818. The molecule has 1 heterocycles. The highest BCUT2D eigenvalue weighted by Crippen LogP contribution is 2.21. The molecule has 0 aromatic carbocycles. The normalized spacial score (nSPS) is 38.0. The molecule has 6 heteroatoms. The molecule has 4 N–H and O–H groups in total. The van der Waals surface area contributed by atoms with Crippen molar-refractivity contribution in [3.8, 4) is 0 Å². The summed E-state index contributed by atoms with van der Waals surface area (Å²) < 4.78 is 10.4. The number of aliphatic hydroxyl groups is 4. The highest BCUT2D eigenvalue weighted by atomic mass is 16.7. The third kappa shape index (κ3) is 3.74. The van der Waals surface area contributed by atoms with Crippen LogP contribution in [0, 0.1) is 0 Å². The molecule has 17 heavy (non-hydrogen) atoms. The number of hydrogen-bond donors (Lipinski definition) is 4. The molecule has 0 aromatic rings. The predicted molar refractivity (Wildman–Crippen MR) is 59.2 cm³/mol. The van der Waals surface area contributed by atoms with Crippen molar-refractivity contribution in [1.29, 1.82) is 0 Å². The van der Waals surface area contributed by atoms with Gasteiger partial charge in [-0.1, -0.05) is 6.08 Å². The highest BCUT2D eigenvalue weighted by Gasteiger charge is 2.43. The largest absolute Gasteiger partial charge is 0.394 e. The zero-order valence-electron chi connectivity index (χ0n) is 9.60. The van der Waals surface area contributed by atoms with Gasteiger partial charge in [-0.3, -0.25) is 0 Å². The first kappa shape index (κ1) is 14.6. The van der Waals surface area contributed by atoms with Gasteiger partial charge >= 0.3 is 0 Å². The number of ether oxygens (including phenoxy) is 2. The van der Waals surface area contributed by atoms with E-state index in [-0.39, 0.29) is 0 Å². The molecule has 1 aliphatic heterocycles. The second-order valence-corrected chi connectivity index (χ2v) is 4.00. The number of aliphatic hydroxyl groups excluding tert-OH is 4. The van der Waals surface area contributed by atoms with E-state index in [1.807, 2.05) is 0 Å². The molecule has 0 radical (unpaired) electrons. The minimum absolute atomic E-state index is 0.342. The lowest BCUT2D eigenvalue weighted by atomic mass is 9.99. The van der Waals surface area contributed by atoms with Crippen molar-refractivity contribution in [1.82, 2.24) is 0 Å². The summed E-state index contributed by atoms with van der Waals surface area (Å²) in [6, 6.07) is 0. The quantitative estimate of drug-likeness (QED) is 0.347. The van der Waals surface area contributed by atoms with Crippen molar-refractivity contribution in [3.63, 3.8) is 0 Å². The average molecular weight is 248 g/mol. The Balaban J connectivity index is 2.44. The second-order valence-electron chi connectivity index (χ2n) is 4.00. The summed E-state index contributed by atoms with van der Waals surface area (Å²) in [6.07, 6.45) is -2.76. The van der Waals surface area contributed by atoms with E-state index < -0.39 is 37.3 Å². The minimum atomic E-state index is -1.38. The van der Waals surface area contributed by atoms with Crippen LogP contribution < -0.4 is 0 Å². The van der Waals surface area contributed by atoms with Crippen LogP contribution in [-0.2, 0) is 9.47 Å². The van der Waals surface area contributed by atoms with Crippen LogP contribution in [0.2, 0.25) is 0 Å². The van der Waals surface area contributed by atoms with Crippen molar-refractivity contribution >= 4 is 0 Å². The zero-order valence-corrected chi connectivity index (χ0v) is 9.60. The third-order valence-electron chi connectivity index (χ3n) is 2.68. The molecule has 0 aromatic heterocycles. The van der Waals surface area contributed by atoms with E-state index in [1.54, 1.807) is 6.08 Å². The van der Waals surface area contributed by atoms with Crippen LogP contribution in [0.3, 0.4) is 0 Å². The molecule has 100 valence electrons. The first-order valence-electron chi connectivity index (χ1n) is 5.64. The van der Waals surface area contributed by atoms with Crippen molar-refractivity contribution in [2.24, 2.45) is 0 Å². The van der Waals surface area contributed by atoms with Gasteiger partial charge in [-0.2, -0.15) is 0 Å². The molecule has 1 saturated heterocycles. The van der Waals surface area contributed by atoms with Gasteiger partial charge in [0.05, 0.1) is 13.2 Å². The lowest BCUT2D eigenvalue weighted by Crippen LogP contribution is -2.59. The molecule has 2 unspecified atom stereocenters. The molecule has 1 fully saturated rings. The van der Waals surface area contributed by atoms with E-state index in [0.29, 0.717) is 6.61 Å². The summed E-state index contributed by atoms with van der Waals surface area (Å²) in [5.41, 5.74) is 0. The van der Waals surface area contributed by atoms with Gasteiger partial charge in [0.1, 0.15) is 24.4 Å². The molecular weight excluding hydrogens is 228 g/mol. The zero-order chi connectivity index (χ0) is 12.8. The second kappa shape index (κ2) is 7.05.